The van der Waals surface area contributed by atoms with Gasteiger partial charge in [-0.3, -0.25) is 4.52 Å². The minimum atomic E-state index is -3.71. The maximum absolute atomic E-state index is 11.6. The largest absolute Gasteiger partial charge is 0.529 e. The van der Waals surface area contributed by atoms with E-state index in [0.29, 0.717) is 6.42 Å². The van der Waals surface area contributed by atoms with Crippen molar-refractivity contribution in [2.45, 2.75) is 27.2 Å². The van der Waals surface area contributed by atoms with Crippen molar-refractivity contribution in [3.8, 4) is 0 Å². The van der Waals surface area contributed by atoms with Gasteiger partial charge in [0.2, 0.25) is 0 Å². The van der Waals surface area contributed by atoms with Gasteiger partial charge >= 0.3 is 7.82 Å². The van der Waals surface area contributed by atoms with Crippen LogP contribution in [0.5, 0.6) is 0 Å². The van der Waals surface area contributed by atoms with Crippen LogP contribution in [0.15, 0.2) is 0 Å². The Kier molecular flexibility index (Phi) is 8.37. The maximum atomic E-state index is 11.6. The molecule has 0 aromatic heterocycles. The predicted octanol–water partition coefficient (Wildman–Crippen LogP) is 2.46. The molecule has 86 valence electrons. The molecule has 0 aromatic carbocycles. The summed E-state index contributed by atoms with van der Waals surface area (Å²) in [4.78, 5) is 9.00. The fourth-order valence-electron chi connectivity index (χ4n) is 0.493. The van der Waals surface area contributed by atoms with E-state index >= 15 is 0 Å². The molecule has 0 rings (SSSR count). The van der Waals surface area contributed by atoms with Gasteiger partial charge in [0.1, 0.15) is 0 Å². The van der Waals surface area contributed by atoms with Crippen LogP contribution < -0.4 is 0 Å². The number of hydrogen-bond donors (Lipinski definition) is 0. The molecule has 0 aliphatic carbocycles. The third-order valence-corrected chi connectivity index (χ3v) is 2.05. The molecule has 0 unspecified atom stereocenters. The van der Waals surface area contributed by atoms with Crippen molar-refractivity contribution in [2.24, 2.45) is 0 Å². The monoisotopic (exact) mass is 228 g/mol. The van der Waals surface area contributed by atoms with Crippen molar-refractivity contribution < 1.29 is 28.2 Å². The summed E-state index contributed by atoms with van der Waals surface area (Å²) in [6.45, 7) is 5.97. The second kappa shape index (κ2) is 8.35. The molecular weight excluding hydrogens is 211 g/mol. The molecule has 0 atom stereocenters. The fraction of sp³-hybridized carbons (Fsp3) is 1.00. The summed E-state index contributed by atoms with van der Waals surface area (Å²) < 4.78 is 25.4. The van der Waals surface area contributed by atoms with Gasteiger partial charge in [-0.2, -0.15) is 0 Å². The van der Waals surface area contributed by atoms with Crippen LogP contribution in [0, 0.1) is 0 Å². The Morgan fingerprint density at radius 1 is 1.00 bits per heavy atom. The second-order valence-electron chi connectivity index (χ2n) is 2.24. The summed E-state index contributed by atoms with van der Waals surface area (Å²) in [6.07, 6.45) is 0.689. The van der Waals surface area contributed by atoms with Crippen LogP contribution in [0.25, 0.3) is 0 Å². The van der Waals surface area contributed by atoms with E-state index < -0.39 is 7.82 Å². The molecule has 0 fully saturated rings. The lowest BCUT2D eigenvalue weighted by molar-refractivity contribution is -0.278. The van der Waals surface area contributed by atoms with Gasteiger partial charge in [0, 0.05) is 0 Å². The normalized spacial score (nSPS) is 11.9. The minimum Gasteiger partial charge on any atom is -0.284 e. The Morgan fingerprint density at radius 3 is 1.86 bits per heavy atom. The third-order valence-electron chi connectivity index (χ3n) is 0.977. The van der Waals surface area contributed by atoms with Gasteiger partial charge in [0.05, 0.1) is 19.8 Å². The van der Waals surface area contributed by atoms with E-state index in [1.165, 1.54) is 0 Å². The summed E-state index contributed by atoms with van der Waals surface area (Å²) in [5.74, 6) is 0. The highest BCUT2D eigenvalue weighted by Crippen LogP contribution is 2.49. The van der Waals surface area contributed by atoms with Gasteiger partial charge in [-0.15, -0.1) is 9.35 Å². The lowest BCUT2D eigenvalue weighted by Gasteiger charge is -2.14. The summed E-state index contributed by atoms with van der Waals surface area (Å²) in [5, 5.41) is 0. The van der Waals surface area contributed by atoms with Gasteiger partial charge in [-0.1, -0.05) is 6.92 Å². The average molecular weight is 228 g/mol. The molecule has 14 heavy (non-hydrogen) atoms. The maximum Gasteiger partial charge on any atom is 0.529 e. The quantitative estimate of drug-likeness (QED) is 0.343. The van der Waals surface area contributed by atoms with Crippen LogP contribution >= 0.6 is 7.82 Å². The van der Waals surface area contributed by atoms with E-state index in [2.05, 4.69) is 19.1 Å². The van der Waals surface area contributed by atoms with Gasteiger partial charge in [0.15, 0.2) is 0 Å². The summed E-state index contributed by atoms with van der Waals surface area (Å²) >= 11 is 0. The number of rotatable bonds is 9. The van der Waals surface area contributed by atoms with Crippen LogP contribution in [0.2, 0.25) is 0 Å². The highest BCUT2D eigenvalue weighted by atomic mass is 31.2. The topological polar surface area (TPSA) is 63.2 Å². The number of phosphoric acid groups is 1. The Bertz CT molecular complexity index is 145. The molecule has 0 bridgehead atoms. The first kappa shape index (κ1) is 14.0. The van der Waals surface area contributed by atoms with Gasteiger partial charge in [-0.05, 0) is 20.3 Å². The van der Waals surface area contributed by atoms with Crippen molar-refractivity contribution in [3.63, 3.8) is 0 Å². The van der Waals surface area contributed by atoms with Crippen LogP contribution in [-0.2, 0) is 28.2 Å². The van der Waals surface area contributed by atoms with Crippen LogP contribution in [0.1, 0.15) is 27.2 Å². The summed E-state index contributed by atoms with van der Waals surface area (Å²) in [7, 11) is -3.71. The van der Waals surface area contributed by atoms with E-state index in [4.69, 9.17) is 4.52 Å². The smallest absolute Gasteiger partial charge is 0.284 e. The van der Waals surface area contributed by atoms with Crippen molar-refractivity contribution in [2.75, 3.05) is 19.8 Å². The Labute approximate surface area is 83.9 Å². The van der Waals surface area contributed by atoms with Crippen molar-refractivity contribution in [1.29, 1.82) is 0 Å². The van der Waals surface area contributed by atoms with E-state index in [1.807, 2.05) is 6.92 Å². The molecule has 0 aromatic rings. The molecular formula is C7H17O6P. The molecule has 0 saturated heterocycles. The van der Waals surface area contributed by atoms with Crippen molar-refractivity contribution in [3.05, 3.63) is 0 Å². The molecule has 0 N–H and O–H groups in total. The zero-order chi connectivity index (χ0) is 10.9. The van der Waals surface area contributed by atoms with E-state index in [9.17, 15) is 4.57 Å². The molecule has 0 heterocycles. The lowest BCUT2D eigenvalue weighted by atomic mass is 10.5. The summed E-state index contributed by atoms with van der Waals surface area (Å²) in [6, 6.07) is 0. The first-order chi connectivity index (χ1) is 6.68. The standard InChI is InChI=1S/C7H17O6P/c1-4-7-11-14(8,12-9-5-2)13-10-6-3/h4-7H2,1-3H3. The summed E-state index contributed by atoms with van der Waals surface area (Å²) in [5.41, 5.74) is 0. The Hall–Kier alpha value is 0.0300. The molecule has 6 nitrogen and oxygen atoms in total. The van der Waals surface area contributed by atoms with Gasteiger partial charge in [0.25, 0.3) is 0 Å². The molecule has 0 aliphatic rings. The zero-order valence-electron chi connectivity index (χ0n) is 8.73. The lowest BCUT2D eigenvalue weighted by Crippen LogP contribution is -2.02. The van der Waals surface area contributed by atoms with Gasteiger partial charge in [-0.25, -0.2) is 14.3 Å². The average Bonchev–Trinajstić information content (AvgIpc) is 2.21. The molecule has 0 spiro atoms. The van der Waals surface area contributed by atoms with E-state index in [1.54, 1.807) is 13.8 Å². The van der Waals surface area contributed by atoms with Crippen molar-refractivity contribution >= 4 is 7.82 Å². The highest BCUT2D eigenvalue weighted by Gasteiger charge is 2.29. The minimum absolute atomic E-state index is 0.245. The predicted molar refractivity (Wildman–Crippen MR) is 49.3 cm³/mol. The van der Waals surface area contributed by atoms with Crippen LogP contribution in [0.4, 0.5) is 0 Å². The zero-order valence-corrected chi connectivity index (χ0v) is 9.62. The Morgan fingerprint density at radius 2 is 1.50 bits per heavy atom. The second-order valence-corrected chi connectivity index (χ2v) is 3.69. The fourth-order valence-corrected chi connectivity index (χ4v) is 1.48. The number of hydrogen-bond acceptors (Lipinski definition) is 6. The van der Waals surface area contributed by atoms with E-state index in [-0.39, 0.29) is 19.8 Å². The molecule has 0 radical (unpaired) electrons. The van der Waals surface area contributed by atoms with Crippen molar-refractivity contribution in [1.82, 2.24) is 0 Å². The first-order valence-electron chi connectivity index (χ1n) is 4.55. The van der Waals surface area contributed by atoms with Crippen LogP contribution in [-0.4, -0.2) is 19.8 Å². The van der Waals surface area contributed by atoms with Gasteiger partial charge < -0.3 is 0 Å². The highest BCUT2D eigenvalue weighted by molar-refractivity contribution is 7.48. The third kappa shape index (κ3) is 6.48. The van der Waals surface area contributed by atoms with Crippen LogP contribution in [0.3, 0.4) is 0 Å². The first-order valence-corrected chi connectivity index (χ1v) is 6.01. The molecule has 0 amide bonds. The molecule has 0 aliphatic heterocycles. The Balaban J connectivity index is 3.97. The SMILES string of the molecule is CCCOP(=O)(OOCC)OOCC. The molecule has 0 saturated carbocycles. The van der Waals surface area contributed by atoms with E-state index in [0.717, 1.165) is 0 Å². The molecule has 7 heteroatoms.